The summed E-state index contributed by atoms with van der Waals surface area (Å²) in [4.78, 5) is 12.7. The van der Waals surface area contributed by atoms with Crippen LogP contribution in [0.15, 0.2) is 41.1 Å². The van der Waals surface area contributed by atoms with Gasteiger partial charge in [0.2, 0.25) is 0 Å². The summed E-state index contributed by atoms with van der Waals surface area (Å²) in [7, 11) is 4.76. The Balaban J connectivity index is 1.94. The number of methoxy groups -OCH3 is 3. The predicted octanol–water partition coefficient (Wildman–Crippen LogP) is 3.02. The first-order valence-electron chi connectivity index (χ1n) is 11.1. The molecule has 6 N–H and O–H groups in total. The van der Waals surface area contributed by atoms with Crippen LogP contribution in [0.3, 0.4) is 0 Å². The number of quaternary nitrogens is 1. The van der Waals surface area contributed by atoms with Crippen LogP contribution in [-0.4, -0.2) is 45.0 Å². The summed E-state index contributed by atoms with van der Waals surface area (Å²) in [6.07, 6.45) is 3.96. The van der Waals surface area contributed by atoms with Crippen LogP contribution < -0.4 is 31.0 Å². The SMILES string of the molecule is COc1ccc(-c2conc2-c2cc(C)c(OC)c(OC)c2)cc1NC(=O)C([NH3+])CCCCN. The van der Waals surface area contributed by atoms with Gasteiger partial charge in [-0.15, -0.1) is 0 Å². The normalized spacial score (nSPS) is 11.7. The van der Waals surface area contributed by atoms with Crippen LogP contribution in [-0.2, 0) is 4.79 Å². The number of aryl methyl sites for hydroxylation is 1. The van der Waals surface area contributed by atoms with Crippen LogP contribution in [0.2, 0.25) is 0 Å². The van der Waals surface area contributed by atoms with Crippen molar-refractivity contribution >= 4 is 11.6 Å². The van der Waals surface area contributed by atoms with Crippen LogP contribution in [0.1, 0.15) is 24.8 Å². The van der Waals surface area contributed by atoms with Crippen LogP contribution in [0, 0.1) is 6.92 Å². The number of rotatable bonds is 11. The van der Waals surface area contributed by atoms with Gasteiger partial charge >= 0.3 is 0 Å². The molecule has 3 rings (SSSR count). The molecule has 1 aromatic heterocycles. The zero-order chi connectivity index (χ0) is 24.7. The summed E-state index contributed by atoms with van der Waals surface area (Å²) in [6, 6.07) is 8.96. The molecule has 182 valence electrons. The zero-order valence-corrected chi connectivity index (χ0v) is 20.1. The molecule has 2 aromatic carbocycles. The monoisotopic (exact) mass is 469 g/mol. The maximum Gasteiger partial charge on any atom is 0.282 e. The number of amides is 1. The van der Waals surface area contributed by atoms with E-state index in [1.54, 1.807) is 33.7 Å². The van der Waals surface area contributed by atoms with E-state index in [9.17, 15) is 4.79 Å². The van der Waals surface area contributed by atoms with Crippen molar-refractivity contribution < 1.29 is 29.3 Å². The van der Waals surface area contributed by atoms with E-state index >= 15 is 0 Å². The van der Waals surface area contributed by atoms with Crippen LogP contribution in [0.25, 0.3) is 22.4 Å². The van der Waals surface area contributed by atoms with Gasteiger partial charge in [0.1, 0.15) is 17.7 Å². The lowest BCUT2D eigenvalue weighted by Crippen LogP contribution is -2.66. The quantitative estimate of drug-likeness (QED) is 0.367. The molecule has 1 amide bonds. The third kappa shape index (κ3) is 5.49. The van der Waals surface area contributed by atoms with Gasteiger partial charge in [0.05, 0.1) is 27.0 Å². The number of nitrogens with two attached hydrogens (primary N) is 1. The van der Waals surface area contributed by atoms with Crippen LogP contribution >= 0.6 is 0 Å². The van der Waals surface area contributed by atoms with Gasteiger partial charge in [-0.25, -0.2) is 0 Å². The fourth-order valence-corrected chi connectivity index (χ4v) is 3.82. The van der Waals surface area contributed by atoms with Gasteiger partial charge < -0.3 is 35.5 Å². The average Bonchev–Trinajstić information content (AvgIpc) is 3.33. The highest BCUT2D eigenvalue weighted by Crippen LogP contribution is 2.40. The molecular weight excluding hydrogens is 436 g/mol. The van der Waals surface area contributed by atoms with Gasteiger partial charge in [-0.2, -0.15) is 0 Å². The second kappa shape index (κ2) is 11.5. The van der Waals surface area contributed by atoms with E-state index < -0.39 is 0 Å². The van der Waals surface area contributed by atoms with Gasteiger partial charge in [0, 0.05) is 17.5 Å². The molecule has 0 radical (unpaired) electrons. The summed E-state index contributed by atoms with van der Waals surface area (Å²) in [6.45, 7) is 2.54. The Hall–Kier alpha value is -3.56. The van der Waals surface area contributed by atoms with Gasteiger partial charge in [-0.3, -0.25) is 4.79 Å². The highest BCUT2D eigenvalue weighted by Gasteiger charge is 2.21. The van der Waals surface area contributed by atoms with E-state index in [0.29, 0.717) is 41.6 Å². The van der Waals surface area contributed by atoms with E-state index in [1.807, 2.05) is 31.2 Å². The first-order chi connectivity index (χ1) is 16.4. The summed E-state index contributed by atoms with van der Waals surface area (Å²) >= 11 is 0. The molecular formula is C25H33N4O5+. The second-order valence-corrected chi connectivity index (χ2v) is 7.99. The second-order valence-electron chi connectivity index (χ2n) is 7.99. The summed E-state index contributed by atoms with van der Waals surface area (Å²) in [5.41, 5.74) is 14.0. The minimum absolute atomic E-state index is 0.173. The summed E-state index contributed by atoms with van der Waals surface area (Å²) in [5, 5.41) is 7.17. The maximum absolute atomic E-state index is 12.7. The molecule has 0 aliphatic rings. The number of unbranched alkanes of at least 4 members (excludes halogenated alkanes) is 1. The van der Waals surface area contributed by atoms with Crippen molar-refractivity contribution in [2.24, 2.45) is 5.73 Å². The van der Waals surface area contributed by atoms with Crippen molar-refractivity contribution in [2.45, 2.75) is 32.2 Å². The molecule has 3 aromatic rings. The number of ether oxygens (including phenoxy) is 3. The van der Waals surface area contributed by atoms with Gasteiger partial charge in [0.15, 0.2) is 17.5 Å². The average molecular weight is 470 g/mol. The fraction of sp³-hybridized carbons (Fsp3) is 0.360. The zero-order valence-electron chi connectivity index (χ0n) is 20.1. The standard InChI is InChI=1S/C25H32N4O5/c1-15-11-17(13-22(32-3)24(15)33-4)23-18(14-34-29-23)16-8-9-21(31-2)20(12-16)28-25(30)19(27)7-5-6-10-26/h8-9,11-14,19H,5-7,10,26-27H2,1-4H3,(H,28,30)/p+1. The molecule has 0 fully saturated rings. The van der Waals surface area contributed by atoms with E-state index in [1.165, 1.54) is 0 Å². The molecule has 0 bridgehead atoms. The van der Waals surface area contributed by atoms with E-state index in [2.05, 4.69) is 16.2 Å². The Morgan fingerprint density at radius 2 is 1.85 bits per heavy atom. The number of carbonyl (C=O) groups is 1. The van der Waals surface area contributed by atoms with E-state index in [4.69, 9.17) is 24.5 Å². The molecule has 0 aliphatic carbocycles. The highest BCUT2D eigenvalue weighted by atomic mass is 16.5. The van der Waals surface area contributed by atoms with Crippen molar-refractivity contribution in [1.29, 1.82) is 0 Å². The molecule has 1 unspecified atom stereocenters. The number of benzene rings is 2. The number of nitrogens with one attached hydrogen (secondary N) is 1. The van der Waals surface area contributed by atoms with Crippen molar-refractivity contribution in [3.05, 3.63) is 42.2 Å². The molecule has 9 nitrogen and oxygen atoms in total. The minimum atomic E-state index is -0.388. The van der Waals surface area contributed by atoms with E-state index in [0.717, 1.165) is 35.1 Å². The Labute approximate surface area is 199 Å². The smallest absolute Gasteiger partial charge is 0.282 e. The van der Waals surface area contributed by atoms with Crippen molar-refractivity contribution in [3.63, 3.8) is 0 Å². The molecule has 9 heteroatoms. The Bertz CT molecular complexity index is 1130. The minimum Gasteiger partial charge on any atom is -0.495 e. The highest BCUT2D eigenvalue weighted by molar-refractivity contribution is 5.96. The number of nitrogens with zero attached hydrogens (tertiary/aromatic N) is 1. The largest absolute Gasteiger partial charge is 0.495 e. The number of anilines is 1. The van der Waals surface area contributed by atoms with Gasteiger partial charge in [-0.05, 0) is 61.7 Å². The number of hydrogen-bond acceptors (Lipinski definition) is 7. The fourth-order valence-electron chi connectivity index (χ4n) is 3.82. The van der Waals surface area contributed by atoms with Crippen LogP contribution in [0.5, 0.6) is 17.2 Å². The Morgan fingerprint density at radius 1 is 1.09 bits per heavy atom. The number of carbonyl (C=O) groups excluding carboxylic acids is 1. The molecule has 0 saturated carbocycles. The lowest BCUT2D eigenvalue weighted by atomic mass is 9.99. The lowest BCUT2D eigenvalue weighted by molar-refractivity contribution is -0.404. The molecule has 34 heavy (non-hydrogen) atoms. The summed E-state index contributed by atoms with van der Waals surface area (Å²) < 4.78 is 21.7. The van der Waals surface area contributed by atoms with Crippen molar-refractivity contribution in [2.75, 3.05) is 33.2 Å². The lowest BCUT2D eigenvalue weighted by Gasteiger charge is -2.14. The van der Waals surface area contributed by atoms with Crippen molar-refractivity contribution in [1.82, 2.24) is 5.16 Å². The molecule has 1 atom stereocenters. The van der Waals surface area contributed by atoms with E-state index in [-0.39, 0.29) is 11.9 Å². The first-order valence-corrected chi connectivity index (χ1v) is 11.1. The molecule has 0 saturated heterocycles. The number of aromatic nitrogens is 1. The third-order valence-corrected chi connectivity index (χ3v) is 5.65. The molecule has 0 spiro atoms. The summed E-state index contributed by atoms with van der Waals surface area (Å²) in [5.74, 6) is 1.64. The van der Waals surface area contributed by atoms with Gasteiger partial charge in [0.25, 0.3) is 5.91 Å². The number of hydrogen-bond donors (Lipinski definition) is 3. The Kier molecular flexibility index (Phi) is 8.50. The molecule has 1 heterocycles. The molecule has 0 aliphatic heterocycles. The van der Waals surface area contributed by atoms with Crippen molar-refractivity contribution in [3.8, 4) is 39.6 Å². The van der Waals surface area contributed by atoms with Crippen LogP contribution in [0.4, 0.5) is 5.69 Å². The topological polar surface area (TPSA) is 136 Å². The maximum atomic E-state index is 12.7. The predicted molar refractivity (Wildman–Crippen MR) is 130 cm³/mol. The third-order valence-electron chi connectivity index (χ3n) is 5.65. The first kappa shape index (κ1) is 25.1. The Morgan fingerprint density at radius 3 is 2.53 bits per heavy atom. The van der Waals surface area contributed by atoms with Gasteiger partial charge in [-0.1, -0.05) is 11.2 Å².